The molecule has 3 heterocycles. The standard InChI is InChI=1S/C23H29BrN6O2S/c1-3-15-4-5-17(24)18(12-15)33-23-27-19-20(25)26-13-30(21(19)28-23)11-8-16-6-9-29(10-7-16)22(32)14(2)31/h4-5,12-14,16,25,31H,3,6-11H2,1-2H3,(H,27,28)/t14-/m0/s1. The molecule has 33 heavy (non-hydrogen) atoms. The molecule has 3 N–H and O–H groups in total. The van der Waals surface area contributed by atoms with E-state index in [-0.39, 0.29) is 11.4 Å². The van der Waals surface area contributed by atoms with Crippen LogP contribution in [0.15, 0.2) is 39.1 Å². The fourth-order valence-electron chi connectivity index (χ4n) is 4.15. The number of aliphatic hydroxyl groups excluding tert-OH is 1. The predicted molar refractivity (Wildman–Crippen MR) is 131 cm³/mol. The largest absolute Gasteiger partial charge is 0.384 e. The average molecular weight is 533 g/mol. The second-order valence-electron chi connectivity index (χ2n) is 8.48. The maximum absolute atomic E-state index is 12.0. The topological polar surface area (TPSA) is 111 Å². The molecule has 1 amide bonds. The molecule has 1 fully saturated rings. The molecule has 0 radical (unpaired) electrons. The summed E-state index contributed by atoms with van der Waals surface area (Å²) in [6.45, 7) is 5.78. The van der Waals surface area contributed by atoms with Gasteiger partial charge >= 0.3 is 0 Å². The molecule has 0 bridgehead atoms. The quantitative estimate of drug-likeness (QED) is 0.429. The van der Waals surface area contributed by atoms with Gasteiger partial charge in [0.25, 0.3) is 5.91 Å². The molecule has 10 heteroatoms. The Balaban J connectivity index is 1.46. The first kappa shape index (κ1) is 24.0. The number of likely N-dealkylation sites (tertiary alicyclic amines) is 1. The van der Waals surface area contributed by atoms with Gasteiger partial charge in [0, 0.05) is 29.0 Å². The number of aryl methyl sites for hydroxylation is 2. The van der Waals surface area contributed by atoms with E-state index in [1.807, 2.05) is 4.57 Å². The Morgan fingerprint density at radius 2 is 2.15 bits per heavy atom. The number of hydrogen-bond acceptors (Lipinski definition) is 6. The minimum Gasteiger partial charge on any atom is -0.384 e. The Morgan fingerprint density at radius 3 is 2.85 bits per heavy atom. The maximum atomic E-state index is 12.0. The van der Waals surface area contributed by atoms with Gasteiger partial charge in [0.15, 0.2) is 16.3 Å². The first-order valence-corrected chi connectivity index (χ1v) is 12.9. The van der Waals surface area contributed by atoms with Crippen LogP contribution < -0.4 is 5.49 Å². The van der Waals surface area contributed by atoms with Gasteiger partial charge in [0.1, 0.15) is 11.6 Å². The number of halogens is 1. The summed E-state index contributed by atoms with van der Waals surface area (Å²) in [5, 5.41) is 18.5. The summed E-state index contributed by atoms with van der Waals surface area (Å²) in [4.78, 5) is 27.1. The Hall–Kier alpha value is -2.17. The van der Waals surface area contributed by atoms with Gasteiger partial charge in [-0.3, -0.25) is 10.2 Å². The Morgan fingerprint density at radius 1 is 1.39 bits per heavy atom. The molecule has 2 aromatic heterocycles. The van der Waals surface area contributed by atoms with Gasteiger partial charge in [0.2, 0.25) is 0 Å². The smallest absolute Gasteiger partial charge is 0.251 e. The number of aromatic amines is 1. The number of nitrogens with zero attached hydrogens (tertiary/aromatic N) is 4. The molecule has 3 aromatic rings. The van der Waals surface area contributed by atoms with Crippen LogP contribution in [-0.2, 0) is 17.8 Å². The lowest BCUT2D eigenvalue weighted by Crippen LogP contribution is -2.43. The fourth-order valence-corrected chi connectivity index (χ4v) is 5.51. The molecule has 0 saturated carbocycles. The summed E-state index contributed by atoms with van der Waals surface area (Å²) in [6, 6.07) is 6.32. The van der Waals surface area contributed by atoms with Crippen molar-refractivity contribution >= 4 is 44.8 Å². The molecule has 0 aliphatic carbocycles. The number of benzene rings is 1. The second-order valence-corrected chi connectivity index (χ2v) is 10.4. The summed E-state index contributed by atoms with van der Waals surface area (Å²) in [6.07, 6.45) is 4.53. The van der Waals surface area contributed by atoms with E-state index in [2.05, 4.69) is 51.0 Å². The van der Waals surface area contributed by atoms with Gasteiger partial charge in [-0.25, -0.2) is 9.97 Å². The Kier molecular flexibility index (Phi) is 7.55. The minimum atomic E-state index is -0.934. The number of amides is 1. The summed E-state index contributed by atoms with van der Waals surface area (Å²) < 4.78 is 3.03. The summed E-state index contributed by atoms with van der Waals surface area (Å²) in [7, 11) is 0. The zero-order valence-corrected chi connectivity index (χ0v) is 21.2. The monoisotopic (exact) mass is 532 g/mol. The van der Waals surface area contributed by atoms with Gasteiger partial charge in [0.05, 0.1) is 6.33 Å². The van der Waals surface area contributed by atoms with Gasteiger partial charge in [-0.15, -0.1) is 0 Å². The maximum Gasteiger partial charge on any atom is 0.251 e. The van der Waals surface area contributed by atoms with Crippen molar-refractivity contribution in [2.45, 2.75) is 62.2 Å². The van der Waals surface area contributed by atoms with Crippen molar-refractivity contribution in [3.63, 3.8) is 0 Å². The van der Waals surface area contributed by atoms with Crippen LogP contribution in [0.25, 0.3) is 11.2 Å². The molecule has 1 aromatic carbocycles. The van der Waals surface area contributed by atoms with Crippen LogP contribution in [0.3, 0.4) is 0 Å². The highest BCUT2D eigenvalue weighted by molar-refractivity contribution is 9.10. The van der Waals surface area contributed by atoms with Gasteiger partial charge in [-0.05, 0) is 72.2 Å². The van der Waals surface area contributed by atoms with E-state index >= 15 is 0 Å². The van der Waals surface area contributed by atoms with E-state index in [9.17, 15) is 9.90 Å². The first-order valence-electron chi connectivity index (χ1n) is 11.3. The van der Waals surface area contributed by atoms with Crippen molar-refractivity contribution in [1.29, 1.82) is 5.41 Å². The highest BCUT2D eigenvalue weighted by atomic mass is 79.9. The average Bonchev–Trinajstić information content (AvgIpc) is 3.24. The van der Waals surface area contributed by atoms with Crippen LogP contribution in [-0.4, -0.2) is 54.6 Å². The summed E-state index contributed by atoms with van der Waals surface area (Å²) in [5.41, 5.74) is 2.82. The third-order valence-electron chi connectivity index (χ3n) is 6.17. The van der Waals surface area contributed by atoms with E-state index in [1.165, 1.54) is 12.5 Å². The second kappa shape index (κ2) is 10.4. The summed E-state index contributed by atoms with van der Waals surface area (Å²) >= 11 is 5.17. The minimum absolute atomic E-state index is 0.183. The zero-order chi connectivity index (χ0) is 23.5. The van der Waals surface area contributed by atoms with Gasteiger partial charge in [-0.1, -0.05) is 24.8 Å². The van der Waals surface area contributed by atoms with Crippen molar-refractivity contribution in [3.05, 3.63) is 40.1 Å². The number of imidazole rings is 1. The number of rotatable bonds is 7. The number of H-pyrrole nitrogens is 1. The van der Waals surface area contributed by atoms with Crippen LogP contribution >= 0.6 is 27.7 Å². The molecule has 0 unspecified atom stereocenters. The van der Waals surface area contributed by atoms with Crippen LogP contribution in [0.1, 0.15) is 38.7 Å². The molecule has 4 rings (SSSR count). The Bertz CT molecular complexity index is 1200. The van der Waals surface area contributed by atoms with Crippen molar-refractivity contribution in [2.24, 2.45) is 5.92 Å². The van der Waals surface area contributed by atoms with E-state index in [0.29, 0.717) is 24.5 Å². The number of carbonyl (C=O) groups is 1. The number of aromatic nitrogens is 4. The van der Waals surface area contributed by atoms with E-state index < -0.39 is 6.10 Å². The highest BCUT2D eigenvalue weighted by Crippen LogP contribution is 2.33. The fraction of sp³-hybridized carbons (Fsp3) is 0.478. The summed E-state index contributed by atoms with van der Waals surface area (Å²) in [5.74, 6) is 0.319. The number of carbonyl (C=O) groups excluding carboxylic acids is 1. The number of piperidine rings is 1. The van der Waals surface area contributed by atoms with Crippen LogP contribution in [0, 0.1) is 11.3 Å². The molecular formula is C23H29BrN6O2S. The molecule has 1 aliphatic heterocycles. The number of nitrogens with one attached hydrogen (secondary N) is 2. The van der Waals surface area contributed by atoms with E-state index in [1.54, 1.807) is 23.0 Å². The van der Waals surface area contributed by atoms with Crippen LogP contribution in [0.5, 0.6) is 0 Å². The van der Waals surface area contributed by atoms with Crippen molar-refractivity contribution in [3.8, 4) is 0 Å². The van der Waals surface area contributed by atoms with Crippen molar-refractivity contribution in [1.82, 2.24) is 24.4 Å². The van der Waals surface area contributed by atoms with Gasteiger partial charge in [-0.2, -0.15) is 0 Å². The molecule has 176 valence electrons. The number of hydrogen-bond donors (Lipinski definition) is 3. The Labute approximate surface area is 205 Å². The third kappa shape index (κ3) is 5.50. The lowest BCUT2D eigenvalue weighted by atomic mass is 9.93. The predicted octanol–water partition coefficient (Wildman–Crippen LogP) is 3.72. The van der Waals surface area contributed by atoms with Crippen molar-refractivity contribution < 1.29 is 9.90 Å². The molecular weight excluding hydrogens is 504 g/mol. The van der Waals surface area contributed by atoms with Crippen LogP contribution in [0.2, 0.25) is 0 Å². The lowest BCUT2D eigenvalue weighted by Gasteiger charge is -2.32. The number of aliphatic hydroxyl groups is 1. The molecule has 0 spiro atoms. The lowest BCUT2D eigenvalue weighted by molar-refractivity contribution is -0.140. The van der Waals surface area contributed by atoms with E-state index in [0.717, 1.165) is 52.4 Å². The normalized spacial score (nSPS) is 15.8. The van der Waals surface area contributed by atoms with Crippen molar-refractivity contribution in [2.75, 3.05) is 13.1 Å². The molecule has 1 atom stereocenters. The molecule has 1 saturated heterocycles. The SMILES string of the molecule is CCc1ccc(Br)c(Sc2nc3c([nH]2)c(=N)ncn3CCC2CCN(C(=O)[C@H](C)O)CC2)c1. The first-order chi connectivity index (χ1) is 15.9. The third-order valence-corrected chi connectivity index (χ3v) is 8.07. The highest BCUT2D eigenvalue weighted by Gasteiger charge is 2.25. The molecule has 8 nitrogen and oxygen atoms in total. The van der Waals surface area contributed by atoms with Crippen LogP contribution in [0.4, 0.5) is 0 Å². The van der Waals surface area contributed by atoms with Gasteiger partial charge < -0.3 is 19.6 Å². The molecule has 1 aliphatic rings. The number of fused-ring (bicyclic) bond motifs is 1. The van der Waals surface area contributed by atoms with E-state index in [4.69, 9.17) is 10.4 Å². The zero-order valence-electron chi connectivity index (χ0n) is 18.8.